The molecule has 0 bridgehead atoms. The number of nitrogens with two attached hydrogens (primary N) is 1. The van der Waals surface area contributed by atoms with Gasteiger partial charge in [-0.3, -0.25) is 4.90 Å². The van der Waals surface area contributed by atoms with Gasteiger partial charge in [0.05, 0.1) is 0 Å². The summed E-state index contributed by atoms with van der Waals surface area (Å²) in [6, 6.07) is 0. The summed E-state index contributed by atoms with van der Waals surface area (Å²) in [7, 11) is 0. The predicted molar refractivity (Wildman–Crippen MR) is 76.1 cm³/mol. The summed E-state index contributed by atoms with van der Waals surface area (Å²) in [6.07, 6.45) is 5.19. The maximum Gasteiger partial charge on any atom is 0.0303 e. The number of rotatable bonds is 5. The molecule has 2 nitrogen and oxygen atoms in total. The molecule has 1 unspecified atom stereocenters. The van der Waals surface area contributed by atoms with Crippen LogP contribution in [0.3, 0.4) is 0 Å². The minimum Gasteiger partial charge on any atom is -0.329 e. The van der Waals surface area contributed by atoms with Crippen LogP contribution in [0.4, 0.5) is 0 Å². The summed E-state index contributed by atoms with van der Waals surface area (Å²) >= 11 is 0. The van der Waals surface area contributed by atoms with Crippen molar-refractivity contribution in [2.24, 2.45) is 17.1 Å². The van der Waals surface area contributed by atoms with Gasteiger partial charge in [0.1, 0.15) is 0 Å². The average molecular weight is 240 g/mol. The van der Waals surface area contributed by atoms with Crippen molar-refractivity contribution in [3.05, 3.63) is 0 Å². The zero-order chi connectivity index (χ0) is 13.1. The Balaban J connectivity index is 2.64. The fourth-order valence-corrected chi connectivity index (χ4v) is 2.87. The first-order chi connectivity index (χ1) is 7.79. The molecule has 102 valence electrons. The van der Waals surface area contributed by atoms with Gasteiger partial charge in [-0.1, -0.05) is 27.7 Å². The van der Waals surface area contributed by atoms with Crippen LogP contribution in [0.25, 0.3) is 0 Å². The summed E-state index contributed by atoms with van der Waals surface area (Å²) < 4.78 is 0. The molecule has 0 saturated carbocycles. The molecule has 0 aromatic heterocycles. The minimum atomic E-state index is 0.210. The maximum atomic E-state index is 6.07. The van der Waals surface area contributed by atoms with E-state index in [9.17, 15) is 0 Å². The van der Waals surface area contributed by atoms with Crippen LogP contribution in [0.15, 0.2) is 0 Å². The van der Waals surface area contributed by atoms with E-state index < -0.39 is 0 Å². The van der Waals surface area contributed by atoms with Gasteiger partial charge in [-0.2, -0.15) is 0 Å². The largest absolute Gasteiger partial charge is 0.329 e. The third kappa shape index (κ3) is 4.26. The first-order valence-corrected chi connectivity index (χ1v) is 7.24. The van der Waals surface area contributed by atoms with Crippen molar-refractivity contribution in [3.63, 3.8) is 0 Å². The van der Waals surface area contributed by atoms with Crippen LogP contribution in [0.5, 0.6) is 0 Å². The van der Waals surface area contributed by atoms with E-state index in [1.165, 1.54) is 38.8 Å². The molecule has 17 heavy (non-hydrogen) atoms. The van der Waals surface area contributed by atoms with Gasteiger partial charge in [0.25, 0.3) is 0 Å². The lowest BCUT2D eigenvalue weighted by atomic mass is 9.80. The molecule has 0 spiro atoms. The molecular formula is C15H32N2. The van der Waals surface area contributed by atoms with E-state index in [1.54, 1.807) is 0 Å². The van der Waals surface area contributed by atoms with Crippen molar-refractivity contribution in [3.8, 4) is 0 Å². The van der Waals surface area contributed by atoms with Gasteiger partial charge < -0.3 is 5.73 Å². The van der Waals surface area contributed by atoms with Crippen molar-refractivity contribution in [2.45, 2.75) is 65.8 Å². The molecule has 2 N–H and O–H groups in total. The van der Waals surface area contributed by atoms with Crippen LogP contribution >= 0.6 is 0 Å². The standard InChI is InChI=1S/C15H32N2/c1-13(2)7-9-15(5,11-16)17-10-6-8-14(3,4)12-17/h13H,6-12,16H2,1-5H3. The first kappa shape index (κ1) is 15.0. The lowest BCUT2D eigenvalue weighted by Gasteiger charge is -2.48. The number of hydrogen-bond donors (Lipinski definition) is 1. The molecule has 0 aliphatic carbocycles. The Labute approximate surface area is 108 Å². The third-order valence-corrected chi connectivity index (χ3v) is 4.36. The Morgan fingerprint density at radius 1 is 1.35 bits per heavy atom. The van der Waals surface area contributed by atoms with Gasteiger partial charge >= 0.3 is 0 Å². The summed E-state index contributed by atoms with van der Waals surface area (Å²) in [5, 5.41) is 0. The molecule has 0 radical (unpaired) electrons. The highest BCUT2D eigenvalue weighted by atomic mass is 15.2. The van der Waals surface area contributed by atoms with Crippen molar-refractivity contribution in [2.75, 3.05) is 19.6 Å². The summed E-state index contributed by atoms with van der Waals surface area (Å²) in [5.74, 6) is 0.777. The molecule has 1 aliphatic heterocycles. The Bertz CT molecular complexity index is 235. The second kappa shape index (κ2) is 5.71. The van der Waals surface area contributed by atoms with Gasteiger partial charge in [-0.25, -0.2) is 0 Å². The Morgan fingerprint density at radius 2 is 2.00 bits per heavy atom. The number of likely N-dealkylation sites (tertiary alicyclic amines) is 1. The molecule has 1 atom stereocenters. The number of nitrogens with zero attached hydrogens (tertiary/aromatic N) is 1. The molecule has 0 aromatic rings. The topological polar surface area (TPSA) is 29.3 Å². The molecule has 0 amide bonds. The van der Waals surface area contributed by atoms with Crippen LogP contribution in [-0.2, 0) is 0 Å². The number of hydrogen-bond acceptors (Lipinski definition) is 2. The number of piperidine rings is 1. The molecule has 1 rings (SSSR count). The van der Waals surface area contributed by atoms with E-state index in [1.807, 2.05) is 0 Å². The van der Waals surface area contributed by atoms with E-state index in [0.717, 1.165) is 12.5 Å². The van der Waals surface area contributed by atoms with Gasteiger partial charge in [-0.15, -0.1) is 0 Å². The molecule has 2 heteroatoms. The monoisotopic (exact) mass is 240 g/mol. The van der Waals surface area contributed by atoms with E-state index in [0.29, 0.717) is 5.41 Å². The highest BCUT2D eigenvalue weighted by Crippen LogP contribution is 2.34. The Hall–Kier alpha value is -0.0800. The fourth-order valence-electron chi connectivity index (χ4n) is 2.87. The van der Waals surface area contributed by atoms with Crippen molar-refractivity contribution in [1.29, 1.82) is 0 Å². The Morgan fingerprint density at radius 3 is 2.47 bits per heavy atom. The summed E-state index contributed by atoms with van der Waals surface area (Å²) in [5.41, 5.74) is 6.75. The quantitative estimate of drug-likeness (QED) is 0.799. The van der Waals surface area contributed by atoms with E-state index in [4.69, 9.17) is 5.73 Å². The molecule has 1 heterocycles. The molecule has 1 saturated heterocycles. The van der Waals surface area contributed by atoms with Gasteiger partial charge in [0, 0.05) is 18.6 Å². The van der Waals surface area contributed by atoms with Crippen LogP contribution in [0.2, 0.25) is 0 Å². The van der Waals surface area contributed by atoms with Crippen LogP contribution in [0, 0.1) is 11.3 Å². The normalized spacial score (nSPS) is 24.9. The van der Waals surface area contributed by atoms with E-state index >= 15 is 0 Å². The van der Waals surface area contributed by atoms with Gasteiger partial charge in [0.2, 0.25) is 0 Å². The third-order valence-electron chi connectivity index (χ3n) is 4.36. The first-order valence-electron chi connectivity index (χ1n) is 7.24. The average Bonchev–Trinajstić information content (AvgIpc) is 2.24. The second-order valence-electron chi connectivity index (χ2n) is 7.32. The van der Waals surface area contributed by atoms with Crippen molar-refractivity contribution >= 4 is 0 Å². The zero-order valence-corrected chi connectivity index (χ0v) is 12.6. The lowest BCUT2D eigenvalue weighted by Crippen LogP contribution is -2.56. The Kier molecular flexibility index (Phi) is 5.03. The highest BCUT2D eigenvalue weighted by molar-refractivity contribution is 4.92. The van der Waals surface area contributed by atoms with Crippen molar-refractivity contribution in [1.82, 2.24) is 4.90 Å². The molecule has 1 aliphatic rings. The lowest BCUT2D eigenvalue weighted by molar-refractivity contribution is 0.0207. The predicted octanol–water partition coefficient (Wildman–Crippen LogP) is 3.26. The summed E-state index contributed by atoms with van der Waals surface area (Å²) in [6.45, 7) is 15.0. The molecule has 1 fully saturated rings. The minimum absolute atomic E-state index is 0.210. The van der Waals surface area contributed by atoms with Crippen LogP contribution < -0.4 is 5.73 Å². The molecular weight excluding hydrogens is 208 g/mol. The van der Waals surface area contributed by atoms with Crippen LogP contribution in [-0.4, -0.2) is 30.1 Å². The highest BCUT2D eigenvalue weighted by Gasteiger charge is 2.36. The van der Waals surface area contributed by atoms with Crippen LogP contribution in [0.1, 0.15) is 60.3 Å². The second-order valence-corrected chi connectivity index (χ2v) is 7.32. The van der Waals surface area contributed by atoms with Crippen molar-refractivity contribution < 1.29 is 0 Å². The van der Waals surface area contributed by atoms with E-state index in [2.05, 4.69) is 39.5 Å². The fraction of sp³-hybridized carbons (Fsp3) is 1.00. The maximum absolute atomic E-state index is 6.07. The summed E-state index contributed by atoms with van der Waals surface area (Å²) in [4.78, 5) is 2.65. The smallest absolute Gasteiger partial charge is 0.0303 e. The zero-order valence-electron chi connectivity index (χ0n) is 12.6. The molecule has 0 aromatic carbocycles. The SMILES string of the molecule is CC(C)CCC(C)(CN)N1CCCC(C)(C)C1. The van der Waals surface area contributed by atoms with E-state index in [-0.39, 0.29) is 5.54 Å². The van der Waals surface area contributed by atoms with Gasteiger partial charge in [-0.05, 0) is 50.5 Å². The van der Waals surface area contributed by atoms with Gasteiger partial charge in [0.15, 0.2) is 0 Å².